The molecule has 0 aromatic carbocycles. The molecule has 0 spiro atoms. The minimum atomic E-state index is -0.167. The molecule has 0 rings (SSSR count). The summed E-state index contributed by atoms with van der Waals surface area (Å²) in [5.41, 5.74) is 0. The van der Waals surface area contributed by atoms with E-state index in [2.05, 4.69) is 0 Å². The van der Waals surface area contributed by atoms with Crippen LogP contribution in [0, 0.1) is 0 Å². The minimum absolute atomic E-state index is 0. The van der Waals surface area contributed by atoms with Gasteiger partial charge in [-0.15, -0.1) is 0 Å². The van der Waals surface area contributed by atoms with Crippen LogP contribution < -0.4 is 0 Å². The van der Waals surface area contributed by atoms with Crippen LogP contribution in [0.2, 0.25) is 0 Å². The first-order valence-corrected chi connectivity index (χ1v) is 4.87. The fraction of sp³-hybridized carbons (Fsp3) is 1.00. The SMILES string of the molecule is CC(C)O.CC(C)O.CCO.CCO.[Ti]. The van der Waals surface area contributed by atoms with Gasteiger partial charge < -0.3 is 20.4 Å². The van der Waals surface area contributed by atoms with Crippen molar-refractivity contribution in [2.45, 2.75) is 53.8 Å². The number of hydrogen-bond acceptors (Lipinski definition) is 4. The molecular weight excluding hydrogens is 232 g/mol. The molecule has 0 saturated carbocycles. The van der Waals surface area contributed by atoms with E-state index in [1.807, 2.05) is 0 Å². The van der Waals surface area contributed by atoms with E-state index in [9.17, 15) is 0 Å². The molecule has 0 aromatic rings. The van der Waals surface area contributed by atoms with Crippen LogP contribution in [-0.2, 0) is 21.7 Å². The summed E-state index contributed by atoms with van der Waals surface area (Å²) in [6, 6.07) is 0. The van der Waals surface area contributed by atoms with E-state index in [1.165, 1.54) is 0 Å². The summed E-state index contributed by atoms with van der Waals surface area (Å²) >= 11 is 0. The van der Waals surface area contributed by atoms with Crippen molar-refractivity contribution < 1.29 is 42.1 Å². The third kappa shape index (κ3) is 7470. The molecule has 0 saturated heterocycles. The summed E-state index contributed by atoms with van der Waals surface area (Å²) < 4.78 is 0. The average molecular weight is 260 g/mol. The molecule has 4 nitrogen and oxygen atoms in total. The normalized spacial score (nSPS) is 7.20. The monoisotopic (exact) mass is 260 g/mol. The maximum absolute atomic E-state index is 8.06. The second kappa shape index (κ2) is 36.5. The van der Waals surface area contributed by atoms with Crippen LogP contribution in [0.4, 0.5) is 0 Å². The van der Waals surface area contributed by atoms with Gasteiger partial charge in [0.2, 0.25) is 0 Å². The summed E-state index contributed by atoms with van der Waals surface area (Å²) in [6.07, 6.45) is -0.333. The molecule has 96 valence electrons. The number of rotatable bonds is 0. The summed E-state index contributed by atoms with van der Waals surface area (Å²) in [6.45, 7) is 10.8. The Balaban J connectivity index is -0.0000000293. The minimum Gasteiger partial charge on any atom is -0.397 e. The smallest absolute Gasteiger partial charge is 0.0483 e. The number of aliphatic hydroxyl groups is 4. The van der Waals surface area contributed by atoms with Crippen molar-refractivity contribution in [2.24, 2.45) is 0 Å². The van der Waals surface area contributed by atoms with Crippen LogP contribution in [-0.4, -0.2) is 45.8 Å². The van der Waals surface area contributed by atoms with Gasteiger partial charge in [0.15, 0.2) is 0 Å². The molecule has 0 heterocycles. The van der Waals surface area contributed by atoms with Crippen LogP contribution in [0.5, 0.6) is 0 Å². The maximum Gasteiger partial charge on any atom is 0.0483 e. The van der Waals surface area contributed by atoms with Crippen molar-refractivity contribution in [3.8, 4) is 0 Å². The molecule has 0 aliphatic rings. The molecule has 0 radical (unpaired) electrons. The Morgan fingerprint density at radius 1 is 0.733 bits per heavy atom. The molecule has 0 aliphatic carbocycles. The standard InChI is InChI=1S/2C3H8O.2C2H6O.Ti/c2*1-3(2)4;2*1-2-3;/h2*3-4H,1-2H3;2*3H,2H2,1H3;. The molecule has 0 aliphatic heterocycles. The summed E-state index contributed by atoms with van der Waals surface area (Å²) in [4.78, 5) is 0. The molecule has 0 amide bonds. The van der Waals surface area contributed by atoms with E-state index in [0.717, 1.165) is 0 Å². The second-order valence-electron chi connectivity index (χ2n) is 2.82. The van der Waals surface area contributed by atoms with Crippen molar-refractivity contribution in [3.05, 3.63) is 0 Å². The van der Waals surface area contributed by atoms with Crippen LogP contribution in [0.25, 0.3) is 0 Å². The summed E-state index contributed by atoms with van der Waals surface area (Å²) in [5.74, 6) is 0. The zero-order valence-electron chi connectivity index (χ0n) is 10.9. The molecule has 15 heavy (non-hydrogen) atoms. The Hall–Kier alpha value is 0.554. The fourth-order valence-electron chi connectivity index (χ4n) is 0. The zero-order valence-corrected chi connectivity index (χ0v) is 12.4. The van der Waals surface area contributed by atoms with Gasteiger partial charge in [0, 0.05) is 47.1 Å². The second-order valence-corrected chi connectivity index (χ2v) is 2.82. The molecule has 0 aromatic heterocycles. The zero-order chi connectivity index (χ0) is 12.6. The van der Waals surface area contributed by atoms with Gasteiger partial charge in [-0.2, -0.15) is 0 Å². The van der Waals surface area contributed by atoms with Crippen LogP contribution in [0.3, 0.4) is 0 Å². The van der Waals surface area contributed by atoms with E-state index < -0.39 is 0 Å². The van der Waals surface area contributed by atoms with Crippen molar-refractivity contribution in [1.29, 1.82) is 0 Å². The number of aliphatic hydroxyl groups excluding tert-OH is 4. The number of hydrogen-bond donors (Lipinski definition) is 4. The summed E-state index contributed by atoms with van der Waals surface area (Å²) in [5, 5.41) is 31.2. The first kappa shape index (κ1) is 29.6. The Morgan fingerprint density at radius 2 is 0.733 bits per heavy atom. The molecule has 0 bridgehead atoms. The Kier molecular flexibility index (Phi) is 72.1. The molecule has 4 N–H and O–H groups in total. The van der Waals surface area contributed by atoms with Crippen molar-refractivity contribution in [2.75, 3.05) is 13.2 Å². The van der Waals surface area contributed by atoms with Gasteiger partial charge in [-0.3, -0.25) is 0 Å². The van der Waals surface area contributed by atoms with Gasteiger partial charge in [0.25, 0.3) is 0 Å². The van der Waals surface area contributed by atoms with Gasteiger partial charge in [-0.25, -0.2) is 0 Å². The van der Waals surface area contributed by atoms with Crippen LogP contribution >= 0.6 is 0 Å². The van der Waals surface area contributed by atoms with E-state index in [0.29, 0.717) is 0 Å². The Bertz CT molecular complexity index is 47.9. The van der Waals surface area contributed by atoms with Gasteiger partial charge >= 0.3 is 0 Å². The molecule has 0 unspecified atom stereocenters. The van der Waals surface area contributed by atoms with Crippen molar-refractivity contribution in [3.63, 3.8) is 0 Å². The maximum atomic E-state index is 8.06. The predicted octanol–water partition coefficient (Wildman–Crippen LogP) is 0.769. The molecule has 0 atom stereocenters. The Morgan fingerprint density at radius 3 is 0.733 bits per heavy atom. The first-order valence-electron chi connectivity index (χ1n) is 4.87. The van der Waals surface area contributed by atoms with Gasteiger partial charge in [0.05, 0.1) is 0 Å². The van der Waals surface area contributed by atoms with Crippen molar-refractivity contribution in [1.82, 2.24) is 0 Å². The van der Waals surface area contributed by atoms with Gasteiger partial charge in [-0.1, -0.05) is 0 Å². The van der Waals surface area contributed by atoms with E-state index in [4.69, 9.17) is 20.4 Å². The predicted molar refractivity (Wildman–Crippen MR) is 60.2 cm³/mol. The third-order valence-electron chi connectivity index (χ3n) is 0. The van der Waals surface area contributed by atoms with E-state index in [1.54, 1.807) is 41.5 Å². The summed E-state index contributed by atoms with van der Waals surface area (Å²) in [7, 11) is 0. The Labute approximate surface area is 109 Å². The fourth-order valence-corrected chi connectivity index (χ4v) is 0. The van der Waals surface area contributed by atoms with Crippen LogP contribution in [0.1, 0.15) is 41.5 Å². The quantitative estimate of drug-likeness (QED) is 0.485. The van der Waals surface area contributed by atoms with E-state index >= 15 is 0 Å². The average Bonchev–Trinajstić information content (AvgIpc) is 1.85. The topological polar surface area (TPSA) is 80.9 Å². The third-order valence-corrected chi connectivity index (χ3v) is 0. The van der Waals surface area contributed by atoms with Gasteiger partial charge in [-0.05, 0) is 41.5 Å². The van der Waals surface area contributed by atoms with Crippen molar-refractivity contribution >= 4 is 0 Å². The molecular formula is C10H28O4Ti. The van der Waals surface area contributed by atoms with Gasteiger partial charge in [0.1, 0.15) is 0 Å². The molecule has 5 heteroatoms. The largest absolute Gasteiger partial charge is 0.397 e. The van der Waals surface area contributed by atoms with E-state index in [-0.39, 0.29) is 47.1 Å². The first-order chi connectivity index (χ1) is 6.29. The molecule has 0 fully saturated rings. The van der Waals surface area contributed by atoms with Crippen LogP contribution in [0.15, 0.2) is 0 Å².